The van der Waals surface area contributed by atoms with Gasteiger partial charge in [-0.1, -0.05) is 19.1 Å². The molecule has 0 saturated carbocycles. The van der Waals surface area contributed by atoms with E-state index in [-0.39, 0.29) is 0 Å². The van der Waals surface area contributed by atoms with Crippen molar-refractivity contribution in [2.45, 2.75) is 37.5 Å². The van der Waals surface area contributed by atoms with Crippen LogP contribution in [0.2, 0.25) is 0 Å². The molecule has 0 atom stereocenters. The molecule has 1 aromatic heterocycles. The minimum Gasteiger partial charge on any atom is -0.313 e. The van der Waals surface area contributed by atoms with E-state index in [4.69, 9.17) is 0 Å². The molecule has 1 N–H and O–H groups in total. The molecule has 0 aliphatic carbocycles. The van der Waals surface area contributed by atoms with Gasteiger partial charge in [-0.25, -0.2) is 0 Å². The van der Waals surface area contributed by atoms with E-state index in [1.807, 2.05) is 30.4 Å². The number of hydrogen-bond acceptors (Lipinski definition) is 3. The van der Waals surface area contributed by atoms with E-state index < -0.39 is 0 Å². The maximum atomic E-state index is 4.38. The number of rotatable bonds is 7. The van der Waals surface area contributed by atoms with Gasteiger partial charge in [-0.15, -0.1) is 11.8 Å². The summed E-state index contributed by atoms with van der Waals surface area (Å²) >= 11 is 1.87. The van der Waals surface area contributed by atoms with Crippen LogP contribution < -0.4 is 5.32 Å². The van der Waals surface area contributed by atoms with Gasteiger partial charge in [-0.3, -0.25) is 4.68 Å². The Kier molecular flexibility index (Phi) is 5.68. The number of nitrogens with zero attached hydrogens (tertiary/aromatic N) is 2. The van der Waals surface area contributed by atoms with Crippen LogP contribution in [0.3, 0.4) is 0 Å². The second kappa shape index (κ2) is 7.50. The summed E-state index contributed by atoms with van der Waals surface area (Å²) in [5, 5.41) is 7.83. The van der Waals surface area contributed by atoms with Gasteiger partial charge in [-0.2, -0.15) is 5.10 Å². The average molecular weight is 289 g/mol. The van der Waals surface area contributed by atoms with Crippen molar-refractivity contribution in [3.63, 3.8) is 0 Å². The molecular formula is C16H23N3S. The maximum absolute atomic E-state index is 4.38. The van der Waals surface area contributed by atoms with Crippen LogP contribution in [-0.4, -0.2) is 16.3 Å². The zero-order chi connectivity index (χ0) is 14.4. The van der Waals surface area contributed by atoms with Gasteiger partial charge in [0, 0.05) is 29.9 Å². The molecule has 2 aromatic rings. The number of aryl methyl sites for hydroxylation is 2. The minimum atomic E-state index is 0.951. The van der Waals surface area contributed by atoms with E-state index in [0.29, 0.717) is 0 Å². The van der Waals surface area contributed by atoms with Gasteiger partial charge >= 0.3 is 0 Å². The quantitative estimate of drug-likeness (QED) is 0.625. The first-order chi connectivity index (χ1) is 9.69. The zero-order valence-corrected chi connectivity index (χ0v) is 13.3. The molecule has 0 spiro atoms. The second-order valence-corrected chi connectivity index (χ2v) is 6.06. The molecule has 0 fully saturated rings. The minimum absolute atomic E-state index is 0.951. The second-order valence-electron chi connectivity index (χ2n) is 5.01. The Morgan fingerprint density at radius 1 is 1.30 bits per heavy atom. The van der Waals surface area contributed by atoms with Crippen LogP contribution >= 0.6 is 11.8 Å². The predicted octanol–water partition coefficient (Wildman–Crippen LogP) is 3.52. The third kappa shape index (κ3) is 4.39. The molecule has 0 bridgehead atoms. The van der Waals surface area contributed by atoms with Gasteiger partial charge in [0.2, 0.25) is 0 Å². The fourth-order valence-corrected chi connectivity index (χ4v) is 3.11. The van der Waals surface area contributed by atoms with E-state index in [1.54, 1.807) is 0 Å². The highest BCUT2D eigenvalue weighted by Crippen LogP contribution is 2.23. The number of hydrogen-bond donors (Lipinski definition) is 1. The third-order valence-electron chi connectivity index (χ3n) is 3.14. The summed E-state index contributed by atoms with van der Waals surface area (Å²) in [6.45, 7) is 6.25. The largest absolute Gasteiger partial charge is 0.313 e. The Morgan fingerprint density at radius 3 is 2.85 bits per heavy atom. The molecule has 0 aliphatic rings. The summed E-state index contributed by atoms with van der Waals surface area (Å²) in [7, 11) is 2.01. The molecule has 20 heavy (non-hydrogen) atoms. The topological polar surface area (TPSA) is 29.9 Å². The Balaban J connectivity index is 1.92. The maximum Gasteiger partial charge on any atom is 0.0596 e. The number of nitrogens with one attached hydrogen (secondary N) is 1. The van der Waals surface area contributed by atoms with Crippen molar-refractivity contribution in [2.75, 3.05) is 6.54 Å². The molecule has 1 heterocycles. The van der Waals surface area contributed by atoms with Crippen molar-refractivity contribution in [3.05, 3.63) is 47.3 Å². The van der Waals surface area contributed by atoms with Crippen molar-refractivity contribution < 1.29 is 0 Å². The van der Waals surface area contributed by atoms with Crippen LogP contribution in [0.5, 0.6) is 0 Å². The Hall–Kier alpha value is -1.26. The van der Waals surface area contributed by atoms with Gasteiger partial charge in [0.05, 0.1) is 5.69 Å². The molecule has 0 amide bonds. The Bertz CT molecular complexity index is 548. The number of thioether (sulfide) groups is 1. The Morgan fingerprint density at radius 2 is 2.15 bits per heavy atom. The first kappa shape index (κ1) is 15.1. The summed E-state index contributed by atoms with van der Waals surface area (Å²) < 4.78 is 1.97. The highest BCUT2D eigenvalue weighted by Gasteiger charge is 2.03. The van der Waals surface area contributed by atoms with Crippen LogP contribution in [0.25, 0.3) is 0 Å². The van der Waals surface area contributed by atoms with Gasteiger partial charge in [0.25, 0.3) is 0 Å². The smallest absolute Gasteiger partial charge is 0.0596 e. The molecule has 0 aliphatic heterocycles. The van der Waals surface area contributed by atoms with Gasteiger partial charge < -0.3 is 5.32 Å². The summed E-state index contributed by atoms with van der Waals surface area (Å²) in [5.74, 6) is 0.961. The normalized spacial score (nSPS) is 10.9. The molecule has 0 unspecified atom stereocenters. The first-order valence-corrected chi connectivity index (χ1v) is 8.09. The summed E-state index contributed by atoms with van der Waals surface area (Å²) in [4.78, 5) is 1.32. The third-order valence-corrected chi connectivity index (χ3v) is 4.17. The lowest BCUT2D eigenvalue weighted by Gasteiger charge is -2.06. The molecule has 3 nitrogen and oxygen atoms in total. The molecule has 0 radical (unpaired) electrons. The van der Waals surface area contributed by atoms with Crippen LogP contribution in [0.1, 0.15) is 30.3 Å². The Labute approximate surface area is 125 Å². The predicted molar refractivity (Wildman–Crippen MR) is 85.9 cm³/mol. The lowest BCUT2D eigenvalue weighted by molar-refractivity contribution is 0.674. The molecule has 2 rings (SSSR count). The fourth-order valence-electron chi connectivity index (χ4n) is 2.11. The van der Waals surface area contributed by atoms with Gasteiger partial charge in [0.15, 0.2) is 0 Å². The number of aromatic nitrogens is 2. The molecule has 0 saturated heterocycles. The molecular weight excluding hydrogens is 266 g/mol. The number of benzene rings is 1. The van der Waals surface area contributed by atoms with E-state index in [2.05, 4.69) is 47.7 Å². The SMILES string of the molecule is CCCNCc1cccc(SCc2cc(C)nn2C)c1. The summed E-state index contributed by atoms with van der Waals surface area (Å²) in [6, 6.07) is 10.9. The first-order valence-electron chi connectivity index (χ1n) is 7.11. The molecule has 1 aromatic carbocycles. The summed E-state index contributed by atoms with van der Waals surface area (Å²) in [5.41, 5.74) is 3.70. The molecule has 4 heteroatoms. The van der Waals surface area contributed by atoms with Crippen LogP contribution in [0.4, 0.5) is 0 Å². The lowest BCUT2D eigenvalue weighted by atomic mass is 10.2. The van der Waals surface area contributed by atoms with Gasteiger partial charge in [-0.05, 0) is 43.7 Å². The van der Waals surface area contributed by atoms with Crippen LogP contribution in [0.15, 0.2) is 35.2 Å². The lowest BCUT2D eigenvalue weighted by Crippen LogP contribution is -2.13. The van der Waals surface area contributed by atoms with Crippen molar-refractivity contribution in [1.82, 2.24) is 15.1 Å². The zero-order valence-electron chi connectivity index (χ0n) is 12.5. The highest BCUT2D eigenvalue weighted by molar-refractivity contribution is 7.98. The van der Waals surface area contributed by atoms with Crippen molar-refractivity contribution in [1.29, 1.82) is 0 Å². The van der Waals surface area contributed by atoms with E-state index >= 15 is 0 Å². The van der Waals surface area contributed by atoms with E-state index in [9.17, 15) is 0 Å². The van der Waals surface area contributed by atoms with Crippen LogP contribution in [-0.2, 0) is 19.3 Å². The van der Waals surface area contributed by atoms with Crippen molar-refractivity contribution in [3.8, 4) is 0 Å². The van der Waals surface area contributed by atoms with E-state index in [0.717, 1.165) is 24.5 Å². The van der Waals surface area contributed by atoms with E-state index in [1.165, 1.54) is 22.6 Å². The van der Waals surface area contributed by atoms with Crippen molar-refractivity contribution >= 4 is 11.8 Å². The summed E-state index contributed by atoms with van der Waals surface area (Å²) in [6.07, 6.45) is 1.17. The standard InChI is InChI=1S/C16H23N3S/c1-4-8-17-11-14-6-5-7-16(10-14)20-12-15-9-13(2)18-19(15)3/h5-7,9-10,17H,4,8,11-12H2,1-3H3. The monoisotopic (exact) mass is 289 g/mol. The average Bonchev–Trinajstić information content (AvgIpc) is 2.76. The fraction of sp³-hybridized carbons (Fsp3) is 0.438. The molecule has 108 valence electrons. The van der Waals surface area contributed by atoms with Gasteiger partial charge in [0.1, 0.15) is 0 Å². The van der Waals surface area contributed by atoms with Crippen molar-refractivity contribution in [2.24, 2.45) is 7.05 Å². The van der Waals surface area contributed by atoms with Crippen LogP contribution in [0, 0.1) is 6.92 Å². The highest BCUT2D eigenvalue weighted by atomic mass is 32.2.